The number of rotatable bonds is 6. The first-order valence-electron chi connectivity index (χ1n) is 9.87. The molecule has 158 valence electrons. The zero-order valence-electron chi connectivity index (χ0n) is 17.3. The molecule has 1 aromatic carbocycles. The van der Waals surface area contributed by atoms with Crippen LogP contribution in [0.1, 0.15) is 45.7 Å². The molecule has 2 amide bonds. The third-order valence-corrected chi connectivity index (χ3v) is 6.06. The number of quaternary nitrogens is 1. The summed E-state index contributed by atoms with van der Waals surface area (Å²) in [4.78, 5) is 40.0. The van der Waals surface area contributed by atoms with Crippen molar-refractivity contribution in [3.8, 4) is 11.5 Å². The van der Waals surface area contributed by atoms with E-state index in [0.29, 0.717) is 5.56 Å². The normalized spacial score (nSPS) is 29.1. The predicted molar refractivity (Wildman–Crippen MR) is 100 cm³/mol. The van der Waals surface area contributed by atoms with E-state index in [-0.39, 0.29) is 23.8 Å². The molecule has 2 aliphatic rings. The fraction of sp³-hybridized carbons (Fsp3) is 0.571. The van der Waals surface area contributed by atoms with E-state index in [2.05, 4.69) is 0 Å². The Labute approximate surface area is 169 Å². The number of ether oxygens (including phenoxy) is 1. The van der Waals surface area contributed by atoms with E-state index in [9.17, 15) is 24.6 Å². The van der Waals surface area contributed by atoms with Gasteiger partial charge >= 0.3 is 0 Å². The summed E-state index contributed by atoms with van der Waals surface area (Å²) in [5.41, 5.74) is -1.21. The summed E-state index contributed by atoms with van der Waals surface area (Å²) in [6, 6.07) is 3.74. The molecule has 0 bridgehead atoms. The molecule has 8 nitrogen and oxygen atoms in total. The van der Waals surface area contributed by atoms with E-state index in [4.69, 9.17) is 4.74 Å². The van der Waals surface area contributed by atoms with Crippen LogP contribution >= 0.6 is 0 Å². The Hall–Kier alpha value is -2.61. The molecule has 2 aliphatic heterocycles. The molecule has 0 spiro atoms. The van der Waals surface area contributed by atoms with Gasteiger partial charge in [-0.15, -0.1) is 0 Å². The number of phenolic OH excluding ortho intramolecular Hbond substituents is 1. The van der Waals surface area contributed by atoms with Crippen LogP contribution in [0.4, 0.5) is 0 Å². The molecule has 29 heavy (non-hydrogen) atoms. The number of carbonyl (C=O) groups excluding carboxylic acids is 3. The zero-order chi connectivity index (χ0) is 21.7. The number of nitrogens with zero attached hydrogens (tertiary/aromatic N) is 1. The van der Waals surface area contributed by atoms with Gasteiger partial charge in [0, 0.05) is 12.5 Å². The molecule has 0 unspecified atom stereocenters. The van der Waals surface area contributed by atoms with E-state index >= 15 is 0 Å². The maximum Gasteiger partial charge on any atom is 0.240 e. The van der Waals surface area contributed by atoms with Gasteiger partial charge in [-0.1, -0.05) is 19.9 Å². The van der Waals surface area contributed by atoms with Crippen molar-refractivity contribution in [3.63, 3.8) is 0 Å². The van der Waals surface area contributed by atoms with Crippen molar-refractivity contribution in [2.45, 2.75) is 51.7 Å². The number of para-hydroxylation sites is 1. The number of carboxylic acids is 1. The first-order valence-corrected chi connectivity index (χ1v) is 9.87. The quantitative estimate of drug-likeness (QED) is 0.620. The van der Waals surface area contributed by atoms with E-state index < -0.39 is 47.2 Å². The lowest BCUT2D eigenvalue weighted by molar-refractivity contribution is -0.740. The van der Waals surface area contributed by atoms with Crippen LogP contribution in [0.15, 0.2) is 18.2 Å². The van der Waals surface area contributed by atoms with Gasteiger partial charge < -0.3 is 25.1 Å². The highest BCUT2D eigenvalue weighted by atomic mass is 16.5. The largest absolute Gasteiger partial charge is 0.544 e. The number of phenols is 1. The monoisotopic (exact) mass is 404 g/mol. The number of carbonyl (C=O) groups is 3. The lowest BCUT2D eigenvalue weighted by Gasteiger charge is -2.34. The lowest BCUT2D eigenvalue weighted by atomic mass is 9.75. The third-order valence-electron chi connectivity index (χ3n) is 6.06. The number of methoxy groups -OCH3 is 1. The molecule has 4 atom stereocenters. The number of carboxylic acid groups (broad SMARTS) is 1. The molecule has 1 aromatic rings. The SMILES string of the molecule is COc1cccc([C@@H]2[NH2+][C@@](CC(C)C)(C(=O)[O-])[C@H]3C(=O)N(C(C)C)C(=O)[C@H]23)c1O. The van der Waals surface area contributed by atoms with Crippen LogP contribution in [0.2, 0.25) is 0 Å². The zero-order valence-corrected chi connectivity index (χ0v) is 17.3. The Bertz CT molecular complexity index is 852. The van der Waals surface area contributed by atoms with E-state index in [1.807, 2.05) is 13.8 Å². The number of imide groups is 1. The van der Waals surface area contributed by atoms with Crippen molar-refractivity contribution in [1.29, 1.82) is 0 Å². The van der Waals surface area contributed by atoms with Gasteiger partial charge in [-0.05, 0) is 31.9 Å². The van der Waals surface area contributed by atoms with Crippen LogP contribution in [-0.2, 0) is 14.4 Å². The Morgan fingerprint density at radius 2 is 1.93 bits per heavy atom. The van der Waals surface area contributed by atoms with Gasteiger partial charge in [0.15, 0.2) is 11.5 Å². The summed E-state index contributed by atoms with van der Waals surface area (Å²) in [7, 11) is 1.41. The van der Waals surface area contributed by atoms with Gasteiger partial charge in [0.1, 0.15) is 29.4 Å². The minimum atomic E-state index is -1.59. The highest BCUT2D eigenvalue weighted by Crippen LogP contribution is 2.48. The number of likely N-dealkylation sites (tertiary alicyclic amines) is 1. The highest BCUT2D eigenvalue weighted by Gasteiger charge is 2.70. The molecule has 2 fully saturated rings. The van der Waals surface area contributed by atoms with Crippen molar-refractivity contribution in [3.05, 3.63) is 23.8 Å². The standard InChI is InChI=1S/C21H28N2O6/c1-10(2)9-21(20(27)28)15-14(18(25)23(11(3)4)19(15)26)16(22-21)12-7-6-8-13(29-5)17(12)24/h6-8,10-11,14-16,22,24H,9H2,1-5H3,(H,27,28)/t14-,15+,16-,21+/m0/s1. The fourth-order valence-electron chi connectivity index (χ4n) is 5.06. The molecule has 2 saturated heterocycles. The maximum atomic E-state index is 13.2. The van der Waals surface area contributed by atoms with Gasteiger partial charge in [0.25, 0.3) is 0 Å². The summed E-state index contributed by atoms with van der Waals surface area (Å²) < 4.78 is 5.17. The van der Waals surface area contributed by atoms with Crippen LogP contribution in [0, 0.1) is 17.8 Å². The molecule has 3 N–H and O–H groups in total. The number of hydrogen-bond donors (Lipinski definition) is 2. The number of amides is 2. The average Bonchev–Trinajstić information content (AvgIpc) is 3.09. The smallest absolute Gasteiger partial charge is 0.240 e. The number of hydrogen-bond acceptors (Lipinski definition) is 6. The number of nitrogens with two attached hydrogens (primary N) is 1. The molecule has 2 heterocycles. The summed E-state index contributed by atoms with van der Waals surface area (Å²) in [6.45, 7) is 7.18. The van der Waals surface area contributed by atoms with E-state index in [1.54, 1.807) is 37.4 Å². The van der Waals surface area contributed by atoms with Crippen LogP contribution in [0.5, 0.6) is 11.5 Å². The predicted octanol–water partition coefficient (Wildman–Crippen LogP) is -0.437. The topological polar surface area (TPSA) is 124 Å². The Kier molecular flexibility index (Phi) is 5.34. The number of aromatic hydroxyl groups is 1. The van der Waals surface area contributed by atoms with Crippen molar-refractivity contribution >= 4 is 17.8 Å². The number of aliphatic carboxylic acids is 1. The maximum absolute atomic E-state index is 13.2. The summed E-state index contributed by atoms with van der Waals surface area (Å²) in [5, 5.41) is 24.6. The molecule has 0 saturated carbocycles. The van der Waals surface area contributed by atoms with Crippen LogP contribution in [0.3, 0.4) is 0 Å². The molecule has 8 heteroatoms. The number of fused-ring (bicyclic) bond motifs is 1. The van der Waals surface area contributed by atoms with Gasteiger partial charge in [-0.3, -0.25) is 14.5 Å². The van der Waals surface area contributed by atoms with E-state index in [1.165, 1.54) is 7.11 Å². The van der Waals surface area contributed by atoms with Gasteiger partial charge in [-0.25, -0.2) is 0 Å². The minimum Gasteiger partial charge on any atom is -0.544 e. The van der Waals surface area contributed by atoms with Crippen molar-refractivity contribution in [1.82, 2.24) is 4.90 Å². The Balaban J connectivity index is 2.21. The molecule has 0 aromatic heterocycles. The highest BCUT2D eigenvalue weighted by molar-refractivity contribution is 6.08. The fourth-order valence-corrected chi connectivity index (χ4v) is 5.06. The summed E-state index contributed by atoms with van der Waals surface area (Å²) in [6.07, 6.45) is 0.169. The molecular weight excluding hydrogens is 376 g/mol. The Morgan fingerprint density at radius 1 is 1.28 bits per heavy atom. The molecule has 0 aliphatic carbocycles. The first kappa shape index (κ1) is 21.1. The van der Waals surface area contributed by atoms with Gasteiger partial charge in [0.05, 0.1) is 12.7 Å². The van der Waals surface area contributed by atoms with Gasteiger partial charge in [-0.2, -0.15) is 0 Å². The second kappa shape index (κ2) is 7.33. The molecular formula is C21H28N2O6. The van der Waals surface area contributed by atoms with Crippen LogP contribution < -0.4 is 15.2 Å². The third kappa shape index (κ3) is 3.06. The second-order valence-electron chi connectivity index (χ2n) is 8.66. The van der Waals surface area contributed by atoms with Crippen LogP contribution in [-0.4, -0.2) is 46.5 Å². The second-order valence-corrected chi connectivity index (χ2v) is 8.66. The minimum absolute atomic E-state index is 0.0431. The van der Waals surface area contributed by atoms with Crippen molar-refractivity contribution in [2.24, 2.45) is 17.8 Å². The lowest BCUT2D eigenvalue weighted by Crippen LogP contribution is -2.99. The number of benzene rings is 1. The molecule has 0 radical (unpaired) electrons. The summed E-state index contributed by atoms with van der Waals surface area (Å²) in [5.74, 6) is -4.20. The summed E-state index contributed by atoms with van der Waals surface area (Å²) >= 11 is 0. The van der Waals surface area contributed by atoms with Crippen molar-refractivity contribution in [2.75, 3.05) is 7.11 Å². The van der Waals surface area contributed by atoms with Crippen LogP contribution in [0.25, 0.3) is 0 Å². The first-order chi connectivity index (χ1) is 13.6. The van der Waals surface area contributed by atoms with Gasteiger partial charge in [0.2, 0.25) is 11.8 Å². The Morgan fingerprint density at radius 3 is 2.45 bits per heavy atom. The van der Waals surface area contributed by atoms with Crippen molar-refractivity contribution < 1.29 is 34.7 Å². The molecule has 3 rings (SSSR count). The van der Waals surface area contributed by atoms with E-state index in [0.717, 1.165) is 4.90 Å². The average molecular weight is 404 g/mol.